The largest absolute Gasteiger partial charge is 0.433 e. The van der Waals surface area contributed by atoms with E-state index >= 15 is 0 Å². The Hall–Kier alpha value is -1.83. The number of halogens is 3. The molecule has 0 aliphatic carbocycles. The van der Waals surface area contributed by atoms with Crippen LogP contribution >= 0.6 is 0 Å². The molecule has 21 heavy (non-hydrogen) atoms. The zero-order valence-electron chi connectivity index (χ0n) is 12.1. The van der Waals surface area contributed by atoms with E-state index in [4.69, 9.17) is 11.5 Å². The number of primary amides is 1. The van der Waals surface area contributed by atoms with E-state index < -0.39 is 23.3 Å². The van der Waals surface area contributed by atoms with Crippen molar-refractivity contribution in [2.75, 3.05) is 11.9 Å². The Labute approximate surface area is 120 Å². The van der Waals surface area contributed by atoms with Gasteiger partial charge >= 0.3 is 6.18 Å². The zero-order valence-corrected chi connectivity index (χ0v) is 12.1. The van der Waals surface area contributed by atoms with Crippen LogP contribution in [-0.4, -0.2) is 23.0 Å². The molecule has 118 valence electrons. The summed E-state index contributed by atoms with van der Waals surface area (Å²) in [5.41, 5.74) is 8.93. The topological polar surface area (TPSA) is 94.0 Å². The second kappa shape index (κ2) is 5.88. The van der Waals surface area contributed by atoms with Gasteiger partial charge in [0.25, 0.3) is 5.91 Å². The van der Waals surface area contributed by atoms with Crippen LogP contribution < -0.4 is 16.8 Å². The van der Waals surface area contributed by atoms with Crippen molar-refractivity contribution in [3.63, 3.8) is 0 Å². The Morgan fingerprint density at radius 1 is 1.38 bits per heavy atom. The van der Waals surface area contributed by atoms with Gasteiger partial charge in [0.15, 0.2) is 0 Å². The van der Waals surface area contributed by atoms with E-state index in [0.717, 1.165) is 12.1 Å². The molecule has 0 saturated carbocycles. The minimum atomic E-state index is -4.61. The van der Waals surface area contributed by atoms with Crippen LogP contribution in [-0.2, 0) is 6.18 Å². The smallest absolute Gasteiger partial charge is 0.365 e. The number of alkyl halides is 3. The fourth-order valence-electron chi connectivity index (χ4n) is 1.61. The lowest BCUT2D eigenvalue weighted by atomic mass is 9.88. The van der Waals surface area contributed by atoms with Crippen LogP contribution in [0.5, 0.6) is 0 Å². The highest BCUT2D eigenvalue weighted by atomic mass is 19.4. The van der Waals surface area contributed by atoms with Crippen LogP contribution in [0.25, 0.3) is 0 Å². The highest BCUT2D eigenvalue weighted by Crippen LogP contribution is 2.31. The normalized spacial score (nSPS) is 14.9. The molecule has 5 N–H and O–H groups in total. The number of hydrogen-bond acceptors (Lipinski definition) is 4. The molecule has 0 aliphatic rings. The third kappa shape index (κ3) is 3.84. The summed E-state index contributed by atoms with van der Waals surface area (Å²) in [4.78, 5) is 14.8. The van der Waals surface area contributed by atoms with Crippen molar-refractivity contribution < 1.29 is 18.0 Å². The first kappa shape index (κ1) is 17.2. The third-order valence-electron chi connectivity index (χ3n) is 3.55. The van der Waals surface area contributed by atoms with Gasteiger partial charge in [0, 0.05) is 6.54 Å². The van der Waals surface area contributed by atoms with Gasteiger partial charge in [-0.15, -0.1) is 0 Å². The van der Waals surface area contributed by atoms with Gasteiger partial charge in [-0.05, 0) is 25.0 Å². The van der Waals surface area contributed by atoms with Crippen LogP contribution in [0.2, 0.25) is 0 Å². The summed E-state index contributed by atoms with van der Waals surface area (Å²) in [7, 11) is 0. The fourth-order valence-corrected chi connectivity index (χ4v) is 1.61. The van der Waals surface area contributed by atoms with Gasteiger partial charge in [0.1, 0.15) is 11.5 Å². The lowest BCUT2D eigenvalue weighted by molar-refractivity contribution is -0.141. The van der Waals surface area contributed by atoms with Crippen molar-refractivity contribution in [3.05, 3.63) is 23.4 Å². The van der Waals surface area contributed by atoms with Crippen molar-refractivity contribution in [1.82, 2.24) is 4.98 Å². The van der Waals surface area contributed by atoms with Crippen LogP contribution in [0.4, 0.5) is 19.0 Å². The SMILES string of the molecule is CC(C)C(C)(CN)Nc1nc(C(F)(F)F)ccc1C(N)=O. The summed E-state index contributed by atoms with van der Waals surface area (Å²) in [6, 6.07) is 1.73. The number of aromatic nitrogens is 1. The molecule has 0 radical (unpaired) electrons. The van der Waals surface area contributed by atoms with E-state index in [1.165, 1.54) is 0 Å². The van der Waals surface area contributed by atoms with Crippen LogP contribution in [0.3, 0.4) is 0 Å². The molecule has 0 fully saturated rings. The summed E-state index contributed by atoms with van der Waals surface area (Å²) in [6.45, 7) is 5.61. The summed E-state index contributed by atoms with van der Waals surface area (Å²) in [5.74, 6) is -1.07. The second-order valence-electron chi connectivity index (χ2n) is 5.36. The van der Waals surface area contributed by atoms with Gasteiger partial charge < -0.3 is 16.8 Å². The number of rotatable bonds is 5. The maximum atomic E-state index is 12.7. The van der Waals surface area contributed by atoms with Gasteiger partial charge in [0.2, 0.25) is 0 Å². The van der Waals surface area contributed by atoms with Crippen molar-refractivity contribution in [3.8, 4) is 0 Å². The molecule has 0 spiro atoms. The Kier molecular flexibility index (Phi) is 4.83. The van der Waals surface area contributed by atoms with E-state index in [1.807, 2.05) is 13.8 Å². The highest BCUT2D eigenvalue weighted by Gasteiger charge is 2.35. The molecular formula is C13H19F3N4O. The number of carbonyl (C=O) groups excluding carboxylic acids is 1. The zero-order chi connectivity index (χ0) is 16.4. The Morgan fingerprint density at radius 2 is 1.95 bits per heavy atom. The molecule has 1 unspecified atom stereocenters. The minimum Gasteiger partial charge on any atom is -0.365 e. The summed E-state index contributed by atoms with van der Waals surface area (Å²) < 4.78 is 38.2. The first-order valence-electron chi connectivity index (χ1n) is 6.37. The highest BCUT2D eigenvalue weighted by molar-refractivity contribution is 5.97. The van der Waals surface area contributed by atoms with Gasteiger partial charge in [-0.25, -0.2) is 4.98 Å². The Bertz CT molecular complexity index is 531. The van der Waals surface area contributed by atoms with Crippen LogP contribution in [0, 0.1) is 5.92 Å². The van der Waals surface area contributed by atoms with Gasteiger partial charge in [0.05, 0.1) is 11.1 Å². The number of carbonyl (C=O) groups is 1. The maximum Gasteiger partial charge on any atom is 0.433 e. The number of anilines is 1. The van der Waals surface area contributed by atoms with E-state index in [-0.39, 0.29) is 23.8 Å². The monoisotopic (exact) mass is 304 g/mol. The molecule has 1 heterocycles. The number of pyridine rings is 1. The molecule has 0 aromatic carbocycles. The molecule has 0 bridgehead atoms. The number of nitrogens with one attached hydrogen (secondary N) is 1. The average Bonchev–Trinajstić information content (AvgIpc) is 2.36. The predicted octanol–water partition coefficient (Wildman–Crippen LogP) is 1.98. The molecule has 0 saturated heterocycles. The van der Waals surface area contributed by atoms with Gasteiger partial charge in [-0.3, -0.25) is 4.79 Å². The molecular weight excluding hydrogens is 285 g/mol. The second-order valence-corrected chi connectivity index (χ2v) is 5.36. The van der Waals surface area contributed by atoms with Crippen LogP contribution in [0.1, 0.15) is 36.8 Å². The standard InChI is InChI=1S/C13H19F3N4O/c1-7(2)12(3,6-17)20-11-8(10(18)21)4-5-9(19-11)13(14,15)16/h4-5,7H,6,17H2,1-3H3,(H2,18,21)(H,19,20). The number of amides is 1. The Balaban J connectivity index is 3.34. The van der Waals surface area contributed by atoms with Crippen molar-refractivity contribution in [2.24, 2.45) is 17.4 Å². The predicted molar refractivity (Wildman–Crippen MR) is 73.7 cm³/mol. The Morgan fingerprint density at radius 3 is 2.33 bits per heavy atom. The first-order chi connectivity index (χ1) is 9.51. The molecule has 1 amide bonds. The summed E-state index contributed by atoms with van der Waals surface area (Å²) in [5, 5.41) is 2.83. The lowest BCUT2D eigenvalue weighted by Crippen LogP contribution is -2.47. The molecule has 1 atom stereocenters. The lowest BCUT2D eigenvalue weighted by Gasteiger charge is -2.34. The van der Waals surface area contributed by atoms with Crippen molar-refractivity contribution in [1.29, 1.82) is 0 Å². The average molecular weight is 304 g/mol. The number of hydrogen-bond donors (Lipinski definition) is 3. The fraction of sp³-hybridized carbons (Fsp3) is 0.538. The maximum absolute atomic E-state index is 12.7. The third-order valence-corrected chi connectivity index (χ3v) is 3.55. The number of nitrogens with two attached hydrogens (primary N) is 2. The minimum absolute atomic E-state index is 0.000399. The van der Waals surface area contributed by atoms with Crippen molar-refractivity contribution in [2.45, 2.75) is 32.5 Å². The first-order valence-corrected chi connectivity index (χ1v) is 6.37. The summed E-state index contributed by atoms with van der Waals surface area (Å²) >= 11 is 0. The van der Waals surface area contributed by atoms with Crippen LogP contribution in [0.15, 0.2) is 12.1 Å². The molecule has 8 heteroatoms. The number of nitrogens with zero attached hydrogens (tertiary/aromatic N) is 1. The van der Waals surface area contributed by atoms with Gasteiger partial charge in [-0.1, -0.05) is 13.8 Å². The van der Waals surface area contributed by atoms with E-state index in [9.17, 15) is 18.0 Å². The molecule has 1 rings (SSSR count). The van der Waals surface area contributed by atoms with Crippen molar-refractivity contribution >= 4 is 11.7 Å². The van der Waals surface area contributed by atoms with E-state index in [1.54, 1.807) is 6.92 Å². The molecule has 5 nitrogen and oxygen atoms in total. The van der Waals surface area contributed by atoms with E-state index in [2.05, 4.69) is 10.3 Å². The van der Waals surface area contributed by atoms with E-state index in [0.29, 0.717) is 0 Å². The van der Waals surface area contributed by atoms with Gasteiger partial charge in [-0.2, -0.15) is 13.2 Å². The summed E-state index contributed by atoms with van der Waals surface area (Å²) in [6.07, 6.45) is -4.61. The molecule has 1 aromatic heterocycles. The molecule has 1 aromatic rings. The molecule has 0 aliphatic heterocycles. The quantitative estimate of drug-likeness (QED) is 0.775.